The van der Waals surface area contributed by atoms with Crippen LogP contribution in [0.4, 0.5) is 15.9 Å². The van der Waals surface area contributed by atoms with Crippen molar-refractivity contribution >= 4 is 28.2 Å². The molecule has 0 amide bonds. The maximum absolute atomic E-state index is 14.0. The summed E-state index contributed by atoms with van der Waals surface area (Å²) in [6, 6.07) is 20.1. The molecule has 5 nitrogen and oxygen atoms in total. The molecule has 0 aliphatic carbocycles. The van der Waals surface area contributed by atoms with E-state index in [4.69, 9.17) is 20.7 Å². The van der Waals surface area contributed by atoms with E-state index in [1.807, 2.05) is 54.6 Å². The molecule has 1 aliphatic heterocycles. The number of halogens is 1. The van der Waals surface area contributed by atoms with Gasteiger partial charge in [0, 0.05) is 22.2 Å². The molecule has 148 valence electrons. The van der Waals surface area contributed by atoms with Crippen molar-refractivity contribution in [3.8, 4) is 11.4 Å². The number of para-hydroxylation sites is 2. The lowest BCUT2D eigenvalue weighted by Crippen LogP contribution is -2.14. The highest BCUT2D eigenvalue weighted by atomic mass is 19.1. The zero-order valence-corrected chi connectivity index (χ0v) is 16.4. The van der Waals surface area contributed by atoms with Gasteiger partial charge < -0.3 is 11.1 Å². The van der Waals surface area contributed by atoms with Gasteiger partial charge in [-0.2, -0.15) is 0 Å². The van der Waals surface area contributed by atoms with Gasteiger partial charge in [-0.1, -0.05) is 37.3 Å². The summed E-state index contributed by atoms with van der Waals surface area (Å²) in [5.74, 6) is 1.47. The lowest BCUT2D eigenvalue weighted by Gasteiger charge is -2.12. The fraction of sp³-hybridized carbons (Fsp3) is 0.125. The number of nitrogen functional groups attached to an aromatic ring is 1. The van der Waals surface area contributed by atoms with E-state index in [1.54, 1.807) is 0 Å². The molecule has 6 heteroatoms. The van der Waals surface area contributed by atoms with E-state index >= 15 is 0 Å². The van der Waals surface area contributed by atoms with Crippen LogP contribution in [0.15, 0.2) is 71.7 Å². The molecule has 1 aliphatic rings. The van der Waals surface area contributed by atoms with Crippen molar-refractivity contribution in [2.45, 2.75) is 19.4 Å². The van der Waals surface area contributed by atoms with Crippen molar-refractivity contribution in [1.82, 2.24) is 9.97 Å². The molecule has 0 saturated heterocycles. The summed E-state index contributed by atoms with van der Waals surface area (Å²) in [5, 5.41) is 4.21. The first-order valence-corrected chi connectivity index (χ1v) is 9.90. The van der Waals surface area contributed by atoms with Gasteiger partial charge in [-0.25, -0.2) is 14.4 Å². The summed E-state index contributed by atoms with van der Waals surface area (Å²) >= 11 is 0. The molecule has 30 heavy (non-hydrogen) atoms. The minimum atomic E-state index is -0.287. The van der Waals surface area contributed by atoms with Crippen LogP contribution in [0.25, 0.3) is 22.3 Å². The number of rotatable bonds is 3. The van der Waals surface area contributed by atoms with E-state index in [0.29, 0.717) is 23.2 Å². The summed E-state index contributed by atoms with van der Waals surface area (Å²) in [6.07, 6.45) is 0.833. The van der Waals surface area contributed by atoms with Gasteiger partial charge in [0.2, 0.25) is 0 Å². The second-order valence-electron chi connectivity index (χ2n) is 7.26. The summed E-state index contributed by atoms with van der Waals surface area (Å²) < 4.78 is 14.0. The Balaban J connectivity index is 1.65. The van der Waals surface area contributed by atoms with Crippen LogP contribution in [0.5, 0.6) is 0 Å². The topological polar surface area (TPSA) is 76.2 Å². The Morgan fingerprint density at radius 3 is 2.60 bits per heavy atom. The minimum absolute atomic E-state index is 0.000407. The van der Waals surface area contributed by atoms with Crippen molar-refractivity contribution in [3.63, 3.8) is 0 Å². The molecule has 0 spiro atoms. The smallest absolute Gasteiger partial charge is 0.164 e. The Kier molecular flexibility index (Phi) is 4.39. The molecular formula is C24H20FN5. The lowest BCUT2D eigenvalue weighted by molar-refractivity contribution is 0.625. The molecule has 0 radical (unpaired) electrons. The molecule has 1 unspecified atom stereocenters. The van der Waals surface area contributed by atoms with E-state index in [1.165, 1.54) is 12.1 Å². The van der Waals surface area contributed by atoms with Crippen LogP contribution in [-0.4, -0.2) is 15.8 Å². The summed E-state index contributed by atoms with van der Waals surface area (Å²) in [5.41, 5.74) is 10.1. The number of nitrogens with two attached hydrogens (primary N) is 1. The Morgan fingerprint density at radius 1 is 0.967 bits per heavy atom. The lowest BCUT2D eigenvalue weighted by atomic mass is 10.0. The number of hydrogen-bond acceptors (Lipinski definition) is 5. The number of benzene rings is 3. The van der Waals surface area contributed by atoms with Crippen LogP contribution < -0.4 is 11.1 Å². The molecular weight excluding hydrogens is 377 g/mol. The minimum Gasteiger partial charge on any atom is -0.398 e. The van der Waals surface area contributed by atoms with Gasteiger partial charge in [0.25, 0.3) is 0 Å². The average Bonchev–Trinajstić information content (AvgIpc) is 3.10. The highest BCUT2D eigenvalue weighted by molar-refractivity contribution is 6.13. The number of aliphatic imine (C=N–C) groups is 1. The van der Waals surface area contributed by atoms with Crippen molar-refractivity contribution in [1.29, 1.82) is 0 Å². The highest BCUT2D eigenvalue weighted by Gasteiger charge is 2.25. The Morgan fingerprint density at radius 2 is 1.77 bits per heavy atom. The third-order valence-corrected chi connectivity index (χ3v) is 5.34. The Hall–Kier alpha value is -3.80. The number of nitrogens with one attached hydrogen (secondary N) is 1. The monoisotopic (exact) mass is 397 g/mol. The number of hydrogen-bond donors (Lipinski definition) is 2. The number of fused-ring (bicyclic) bond motifs is 2. The van der Waals surface area contributed by atoms with E-state index in [-0.39, 0.29) is 11.9 Å². The number of aromatic nitrogens is 2. The summed E-state index contributed by atoms with van der Waals surface area (Å²) in [7, 11) is 0. The molecule has 4 aromatic rings. The van der Waals surface area contributed by atoms with Crippen LogP contribution >= 0.6 is 0 Å². The van der Waals surface area contributed by atoms with Crippen LogP contribution in [0.1, 0.15) is 30.5 Å². The fourth-order valence-electron chi connectivity index (χ4n) is 3.84. The number of amidine groups is 1. The molecule has 0 saturated carbocycles. The maximum Gasteiger partial charge on any atom is 0.164 e. The largest absolute Gasteiger partial charge is 0.398 e. The van der Waals surface area contributed by atoms with E-state index in [9.17, 15) is 4.39 Å². The summed E-state index contributed by atoms with van der Waals surface area (Å²) in [6.45, 7) is 2.07. The van der Waals surface area contributed by atoms with Crippen LogP contribution in [-0.2, 0) is 0 Å². The number of anilines is 2. The first-order chi connectivity index (χ1) is 14.6. The van der Waals surface area contributed by atoms with Crippen LogP contribution in [0.2, 0.25) is 0 Å². The maximum atomic E-state index is 14.0. The van der Waals surface area contributed by atoms with E-state index in [0.717, 1.165) is 34.0 Å². The average molecular weight is 397 g/mol. The molecule has 2 heterocycles. The second kappa shape index (κ2) is 7.22. The zero-order chi connectivity index (χ0) is 20.7. The SMILES string of the molecule is CCC1N=C(Nc2nc(-c3ccccc3N)nc3ccccc23)c2cc(F)ccc21. The van der Waals surface area contributed by atoms with Crippen LogP contribution in [0, 0.1) is 5.82 Å². The van der Waals surface area contributed by atoms with Gasteiger partial charge in [-0.15, -0.1) is 0 Å². The first kappa shape index (κ1) is 18.2. The predicted molar refractivity (Wildman–Crippen MR) is 119 cm³/mol. The molecule has 0 bridgehead atoms. The molecule has 3 aromatic carbocycles. The molecule has 1 aromatic heterocycles. The van der Waals surface area contributed by atoms with Gasteiger partial charge in [-0.05, 0) is 48.4 Å². The summed E-state index contributed by atoms with van der Waals surface area (Å²) in [4.78, 5) is 14.3. The highest BCUT2D eigenvalue weighted by Crippen LogP contribution is 2.34. The van der Waals surface area contributed by atoms with Crippen molar-refractivity contribution in [2.24, 2.45) is 4.99 Å². The Labute approximate surface area is 173 Å². The first-order valence-electron chi connectivity index (χ1n) is 9.90. The van der Waals surface area contributed by atoms with Crippen molar-refractivity contribution in [2.75, 3.05) is 11.1 Å². The number of nitrogens with zero attached hydrogens (tertiary/aromatic N) is 3. The molecule has 5 rings (SSSR count). The third-order valence-electron chi connectivity index (χ3n) is 5.34. The zero-order valence-electron chi connectivity index (χ0n) is 16.4. The van der Waals surface area contributed by atoms with E-state index in [2.05, 4.69) is 12.2 Å². The molecule has 0 fully saturated rings. The van der Waals surface area contributed by atoms with Crippen LogP contribution in [0.3, 0.4) is 0 Å². The predicted octanol–water partition coefficient (Wildman–Crippen LogP) is 5.34. The van der Waals surface area contributed by atoms with Gasteiger partial charge in [0.1, 0.15) is 17.5 Å². The van der Waals surface area contributed by atoms with Gasteiger partial charge in [0.05, 0.1) is 11.6 Å². The molecule has 3 N–H and O–H groups in total. The quantitative estimate of drug-likeness (QED) is 0.458. The van der Waals surface area contributed by atoms with Gasteiger partial charge in [-0.3, -0.25) is 4.99 Å². The third kappa shape index (κ3) is 3.06. The normalized spacial score (nSPS) is 15.1. The fourth-order valence-corrected chi connectivity index (χ4v) is 3.84. The Bertz CT molecular complexity index is 1300. The second-order valence-corrected chi connectivity index (χ2v) is 7.26. The van der Waals surface area contributed by atoms with E-state index < -0.39 is 0 Å². The van der Waals surface area contributed by atoms with Crippen molar-refractivity contribution in [3.05, 3.63) is 83.7 Å². The van der Waals surface area contributed by atoms with Crippen molar-refractivity contribution < 1.29 is 4.39 Å². The van der Waals surface area contributed by atoms with Gasteiger partial charge >= 0.3 is 0 Å². The molecule has 1 atom stereocenters. The standard InChI is InChI=1S/C24H20FN5/c1-2-20-15-12-11-14(25)13-18(15)24(27-20)30-23-17-8-4-6-10-21(17)28-22(29-23)16-7-3-5-9-19(16)26/h3-13,20H,2,26H2,1H3,(H,27,28,29,30). The van der Waals surface area contributed by atoms with Gasteiger partial charge in [0.15, 0.2) is 5.82 Å².